The minimum absolute atomic E-state index is 0.0423. The third-order valence-electron chi connectivity index (χ3n) is 0.792. The Kier molecular flexibility index (Phi) is 5.46. The van der Waals surface area contributed by atoms with Gasteiger partial charge in [0.1, 0.15) is 0 Å². The molecular formula is C5H13NO4. The van der Waals surface area contributed by atoms with E-state index in [0.29, 0.717) is 0 Å². The molecule has 0 aliphatic rings. The Hall–Kier alpha value is -0.200. The van der Waals surface area contributed by atoms with Crippen LogP contribution in [-0.4, -0.2) is 35.1 Å². The van der Waals surface area contributed by atoms with Crippen LogP contribution in [0.5, 0.6) is 0 Å². The number of aliphatic hydroxyl groups excluding tert-OH is 2. The van der Waals surface area contributed by atoms with Crippen molar-refractivity contribution in [2.45, 2.75) is 19.9 Å². The number of rotatable bonds is 5. The fraction of sp³-hybridized carbons (Fsp3) is 1.00. The largest absolute Gasteiger partial charge is 0.369 e. The van der Waals surface area contributed by atoms with Crippen molar-refractivity contribution in [3.63, 3.8) is 0 Å². The molecule has 0 saturated heterocycles. The van der Waals surface area contributed by atoms with Crippen LogP contribution in [-0.2, 0) is 9.68 Å². The van der Waals surface area contributed by atoms with E-state index >= 15 is 0 Å². The van der Waals surface area contributed by atoms with Crippen molar-refractivity contribution in [2.24, 2.45) is 0 Å². The summed E-state index contributed by atoms with van der Waals surface area (Å²) in [6.45, 7) is 2.67. The molecule has 0 rings (SSSR count). The second-order valence-electron chi connectivity index (χ2n) is 1.90. The molecule has 0 aliphatic heterocycles. The Morgan fingerprint density at radius 3 is 1.80 bits per heavy atom. The topological polar surface area (TPSA) is 62.2 Å². The molecule has 62 valence electrons. The lowest BCUT2D eigenvalue weighted by molar-refractivity contribution is -0.417. The molecule has 0 spiro atoms. The molecule has 10 heavy (non-hydrogen) atoms. The molecule has 0 bridgehead atoms. The highest BCUT2D eigenvalue weighted by molar-refractivity contribution is 4.38. The van der Waals surface area contributed by atoms with E-state index in [2.05, 4.69) is 9.68 Å². The maximum absolute atomic E-state index is 8.29. The predicted octanol–water partition coefficient (Wildman–Crippen LogP) is -0.540. The van der Waals surface area contributed by atoms with Crippen LogP contribution in [0.2, 0.25) is 0 Å². The smallest absolute Gasteiger partial charge is 0.166 e. The van der Waals surface area contributed by atoms with Crippen LogP contribution in [0.1, 0.15) is 13.8 Å². The highest BCUT2D eigenvalue weighted by Gasteiger charge is 2.08. The fourth-order valence-corrected chi connectivity index (χ4v) is 0.449. The molecular weight excluding hydrogens is 138 g/mol. The van der Waals surface area contributed by atoms with Crippen LogP contribution in [0.25, 0.3) is 0 Å². The first-order valence-electron chi connectivity index (χ1n) is 2.99. The zero-order chi connectivity index (χ0) is 7.98. The van der Waals surface area contributed by atoms with Crippen molar-refractivity contribution in [2.75, 3.05) is 13.6 Å². The molecule has 0 aromatic heterocycles. The molecule has 0 aromatic carbocycles. The van der Waals surface area contributed by atoms with Gasteiger partial charge in [-0.15, -0.1) is 0 Å². The Morgan fingerprint density at radius 1 is 1.20 bits per heavy atom. The highest BCUT2D eigenvalue weighted by atomic mass is 17.0. The number of hydrogen-bond acceptors (Lipinski definition) is 5. The zero-order valence-electron chi connectivity index (χ0n) is 6.15. The van der Waals surface area contributed by atoms with Gasteiger partial charge in [-0.3, -0.25) is 0 Å². The Morgan fingerprint density at radius 2 is 1.60 bits per heavy atom. The van der Waals surface area contributed by atoms with Crippen LogP contribution < -0.4 is 0 Å². The van der Waals surface area contributed by atoms with Crippen molar-refractivity contribution in [3.05, 3.63) is 0 Å². The lowest BCUT2D eigenvalue weighted by atomic mass is 10.4. The third-order valence-corrected chi connectivity index (χ3v) is 0.792. The second-order valence-corrected chi connectivity index (χ2v) is 1.90. The molecule has 0 fully saturated rings. The summed E-state index contributed by atoms with van der Waals surface area (Å²) in [7, 11) is 0. The fourth-order valence-electron chi connectivity index (χ4n) is 0.449. The maximum atomic E-state index is 8.29. The highest BCUT2D eigenvalue weighted by Crippen LogP contribution is 1.98. The molecule has 5 heteroatoms. The van der Waals surface area contributed by atoms with Crippen molar-refractivity contribution >= 4 is 0 Å². The molecule has 0 aromatic rings. The summed E-state index contributed by atoms with van der Waals surface area (Å²) in [5, 5.41) is 17.6. The van der Waals surface area contributed by atoms with Crippen LogP contribution in [0.15, 0.2) is 0 Å². The van der Waals surface area contributed by atoms with Gasteiger partial charge in [-0.25, -0.2) is 9.68 Å². The number of aliphatic hydroxyl groups is 2. The molecule has 0 saturated carbocycles. The maximum Gasteiger partial charge on any atom is 0.166 e. The van der Waals surface area contributed by atoms with E-state index in [9.17, 15) is 0 Å². The van der Waals surface area contributed by atoms with Crippen molar-refractivity contribution < 1.29 is 19.9 Å². The molecule has 0 aliphatic carbocycles. The zero-order valence-corrected chi connectivity index (χ0v) is 6.15. The first-order valence-corrected chi connectivity index (χ1v) is 2.99. The van der Waals surface area contributed by atoms with Crippen molar-refractivity contribution in [1.82, 2.24) is 5.23 Å². The van der Waals surface area contributed by atoms with E-state index in [-0.39, 0.29) is 6.04 Å². The van der Waals surface area contributed by atoms with Crippen LogP contribution in [0.4, 0.5) is 0 Å². The molecule has 5 nitrogen and oxygen atoms in total. The van der Waals surface area contributed by atoms with Crippen LogP contribution in [0, 0.1) is 0 Å². The van der Waals surface area contributed by atoms with Gasteiger partial charge in [0, 0.05) is 0 Å². The molecule has 0 amide bonds. The first kappa shape index (κ1) is 9.80. The third kappa shape index (κ3) is 3.76. The van der Waals surface area contributed by atoms with Crippen molar-refractivity contribution in [3.8, 4) is 0 Å². The van der Waals surface area contributed by atoms with Gasteiger partial charge in [-0.2, -0.15) is 0 Å². The lowest BCUT2D eigenvalue weighted by Gasteiger charge is -2.21. The van der Waals surface area contributed by atoms with Gasteiger partial charge >= 0.3 is 0 Å². The van der Waals surface area contributed by atoms with Gasteiger partial charge in [-0.1, -0.05) is 5.23 Å². The number of hydroxylamine groups is 2. The number of nitrogens with zero attached hydrogens (tertiary/aromatic N) is 1. The summed E-state index contributed by atoms with van der Waals surface area (Å²) in [6.07, 6.45) is 0. The van der Waals surface area contributed by atoms with E-state index < -0.39 is 13.6 Å². The van der Waals surface area contributed by atoms with Crippen LogP contribution >= 0.6 is 0 Å². The molecule has 0 radical (unpaired) electrons. The van der Waals surface area contributed by atoms with Gasteiger partial charge in [0.15, 0.2) is 13.6 Å². The van der Waals surface area contributed by atoms with Gasteiger partial charge in [-0.05, 0) is 13.8 Å². The quantitative estimate of drug-likeness (QED) is 0.408. The van der Waals surface area contributed by atoms with Crippen molar-refractivity contribution in [1.29, 1.82) is 0 Å². The minimum Gasteiger partial charge on any atom is -0.369 e. The Bertz CT molecular complexity index is 72.0. The number of hydrogen-bond donors (Lipinski definition) is 2. The predicted molar refractivity (Wildman–Crippen MR) is 33.3 cm³/mol. The lowest BCUT2D eigenvalue weighted by Crippen LogP contribution is -2.31. The van der Waals surface area contributed by atoms with Gasteiger partial charge in [0.2, 0.25) is 0 Å². The first-order chi connectivity index (χ1) is 4.72. The molecule has 0 atom stereocenters. The van der Waals surface area contributed by atoms with E-state index in [4.69, 9.17) is 10.2 Å². The Balaban J connectivity index is 3.50. The summed E-state index contributed by atoms with van der Waals surface area (Å²) in [4.78, 5) is 9.10. The minimum atomic E-state index is -0.460. The SMILES string of the molecule is CC(C)N(OCO)OCO. The summed E-state index contributed by atoms with van der Waals surface area (Å²) in [6, 6.07) is -0.0423. The Labute approximate surface area is 59.7 Å². The van der Waals surface area contributed by atoms with Crippen LogP contribution in [0.3, 0.4) is 0 Å². The normalized spacial score (nSPS) is 11.4. The summed E-state index contributed by atoms with van der Waals surface area (Å²) in [5.41, 5.74) is 0. The van der Waals surface area contributed by atoms with E-state index in [1.165, 1.54) is 0 Å². The molecule has 0 unspecified atom stereocenters. The molecule has 0 heterocycles. The monoisotopic (exact) mass is 151 g/mol. The summed E-state index contributed by atoms with van der Waals surface area (Å²) < 4.78 is 0. The van der Waals surface area contributed by atoms with Gasteiger partial charge < -0.3 is 10.2 Å². The average Bonchev–Trinajstić information content (AvgIpc) is 1.87. The summed E-state index contributed by atoms with van der Waals surface area (Å²) in [5.74, 6) is 0. The van der Waals surface area contributed by atoms with Gasteiger partial charge in [0.05, 0.1) is 6.04 Å². The average molecular weight is 151 g/mol. The van der Waals surface area contributed by atoms with E-state index in [1.54, 1.807) is 13.8 Å². The van der Waals surface area contributed by atoms with E-state index in [0.717, 1.165) is 5.23 Å². The van der Waals surface area contributed by atoms with Gasteiger partial charge in [0.25, 0.3) is 0 Å². The standard InChI is InChI=1S/C5H13NO4/c1-5(2)6(9-3-7)10-4-8/h5,7-8H,3-4H2,1-2H3. The molecule has 2 N–H and O–H groups in total. The second kappa shape index (κ2) is 5.57. The summed E-state index contributed by atoms with van der Waals surface area (Å²) >= 11 is 0. The van der Waals surface area contributed by atoms with E-state index in [1.807, 2.05) is 0 Å².